The van der Waals surface area contributed by atoms with Gasteiger partial charge in [0.15, 0.2) is 0 Å². The van der Waals surface area contributed by atoms with Gasteiger partial charge in [0.05, 0.1) is 38.9 Å². The summed E-state index contributed by atoms with van der Waals surface area (Å²) in [4.78, 5) is 83.5. The Kier molecular flexibility index (Phi) is 87.3. The number of hydrogen-bond acceptors (Lipinski definition) is 14. The van der Waals surface area contributed by atoms with Crippen LogP contribution in [0.15, 0.2) is 0 Å². The van der Waals surface area contributed by atoms with Gasteiger partial charge in [-0.2, -0.15) is 0 Å². The molecule has 7 aliphatic carbocycles. The Morgan fingerprint density at radius 2 is 0.361 bits per heavy atom. The van der Waals surface area contributed by atoms with E-state index in [1.54, 1.807) is 0 Å². The minimum absolute atomic E-state index is 0. The maximum atomic E-state index is 12.4. The van der Waals surface area contributed by atoms with Crippen molar-refractivity contribution in [2.75, 3.05) is 0 Å². The Morgan fingerprint density at radius 1 is 0.221 bits per heavy atom. The lowest BCUT2D eigenvalue weighted by Crippen LogP contribution is -2.40. The van der Waals surface area contributed by atoms with Gasteiger partial charge in [0.25, 0.3) is 0 Å². The lowest BCUT2D eigenvalue weighted by molar-refractivity contribution is -0.175. The molecule has 2 unspecified atom stereocenters. The topological polar surface area (TPSA) is 184 Å². The second-order valence-corrected chi connectivity index (χ2v) is 38.6. The van der Waals surface area contributed by atoms with Gasteiger partial charge >= 0.3 is 41.8 Å². The van der Waals surface area contributed by atoms with Gasteiger partial charge < -0.3 is 33.2 Å². The summed E-state index contributed by atoms with van der Waals surface area (Å²) in [6, 6.07) is 0. The summed E-state index contributed by atoms with van der Waals surface area (Å²) >= 11 is 0. The summed E-state index contributed by atoms with van der Waals surface area (Å²) in [5, 5.41) is 0. The third-order valence-electron chi connectivity index (χ3n) is 26.9. The zero-order chi connectivity index (χ0) is 82.4. The Labute approximate surface area is 768 Å². The highest BCUT2D eigenvalue weighted by molar-refractivity contribution is 5.78. The van der Waals surface area contributed by atoms with E-state index in [0.717, 1.165) is 154 Å². The van der Waals surface area contributed by atoms with E-state index in [2.05, 4.69) is 55.4 Å². The van der Waals surface area contributed by atoms with Crippen molar-refractivity contribution >= 4 is 41.8 Å². The number of carbonyl (C=O) groups excluding carboxylic acids is 7. The summed E-state index contributed by atoms with van der Waals surface area (Å²) < 4.78 is 40.1. The molecule has 0 spiro atoms. The molecule has 7 fully saturated rings. The molecular weight excluding hydrogens is 1520 g/mol. The molecule has 14 nitrogen and oxygen atoms in total. The minimum Gasteiger partial charge on any atom is -0.459 e. The molecule has 0 aromatic heterocycles. The largest absolute Gasteiger partial charge is 0.459 e. The van der Waals surface area contributed by atoms with E-state index in [9.17, 15) is 33.6 Å². The molecule has 746 valence electrons. The fourth-order valence-electron chi connectivity index (χ4n) is 14.6. The average molecular weight is 1750 g/mol. The summed E-state index contributed by atoms with van der Waals surface area (Å²) in [5.74, 6) is -0.0366. The van der Waals surface area contributed by atoms with Gasteiger partial charge in [-0.3, -0.25) is 33.6 Å². The first-order chi connectivity index (χ1) is 50.3. The molecule has 0 heterocycles. The number of carbonyl (C=O) groups is 7. The van der Waals surface area contributed by atoms with Crippen molar-refractivity contribution in [1.82, 2.24) is 0 Å². The van der Waals surface area contributed by atoms with E-state index in [4.69, 9.17) is 33.2 Å². The first kappa shape index (κ1) is 150. The van der Waals surface area contributed by atoms with Crippen LogP contribution in [0, 0.1) is 38.9 Å². The number of esters is 7. The monoisotopic (exact) mass is 1750 g/mol. The van der Waals surface area contributed by atoms with Crippen LogP contribution >= 0.6 is 0 Å². The molecule has 7 aliphatic rings. The predicted molar refractivity (Wildman–Crippen MR) is 540 cm³/mol. The maximum absolute atomic E-state index is 12.4. The van der Waals surface area contributed by atoms with Gasteiger partial charge in [0, 0.05) is 0 Å². The normalized spacial score (nSPS) is 18.9. The van der Waals surface area contributed by atoms with E-state index in [-0.39, 0.29) is 224 Å². The standard InChI is InChI=1S/C19H36O2.C14H26O2.2C13H24O2.2C12H22O2.C11H20O2.14CH4/c1-5-18(2,3)17(20)21-19(4)15-13-11-9-7-6-8-10-12-14-16-19;1-5-13(3,4)12(15)16-14(6-2)10-8-7-9-11-14;1-5-12(2,3)11(14)15-13(4)9-7-6-8-10-13;1-5-12(3,4)11(14)15-13(6-2)9-7-8-10-13;1-5-11(2,3)10(13)14-12(4)8-6-7-9-12;1-4-10(3)11(13)14-12(5-2)8-6-7-9-12;1-4-9(2)10(12)13-11(3)7-5-6-8-11;;;;;;;;;;;;;;/h5-16H2,1-4H3;5-11H2,1-4H3;2*5-10H2,1-4H3;5-9H2,1-4H3;10H,4-9H2,1-3H3;9H,4-8H2,1-3H3;14*1H4. The summed E-state index contributed by atoms with van der Waals surface area (Å²) in [6.07, 6.45) is 52.1. The lowest BCUT2D eigenvalue weighted by Gasteiger charge is -2.38. The summed E-state index contributed by atoms with van der Waals surface area (Å²) in [5.41, 5.74) is -2.84. The smallest absolute Gasteiger partial charge is 0.312 e. The van der Waals surface area contributed by atoms with Crippen LogP contribution in [0.2, 0.25) is 0 Å². The van der Waals surface area contributed by atoms with Crippen molar-refractivity contribution in [3.05, 3.63) is 0 Å². The lowest BCUT2D eigenvalue weighted by atomic mass is 9.82. The molecule has 0 amide bonds. The van der Waals surface area contributed by atoms with E-state index in [1.807, 2.05) is 125 Å². The molecule has 0 saturated heterocycles. The van der Waals surface area contributed by atoms with Crippen molar-refractivity contribution in [3.8, 4) is 0 Å². The Balaban J connectivity index is -0.0000000916. The first-order valence-corrected chi connectivity index (χ1v) is 44.9. The van der Waals surface area contributed by atoms with E-state index >= 15 is 0 Å². The van der Waals surface area contributed by atoms with Crippen molar-refractivity contribution < 1.29 is 66.7 Å². The van der Waals surface area contributed by atoms with Crippen molar-refractivity contribution in [3.63, 3.8) is 0 Å². The molecule has 0 aromatic carbocycles. The van der Waals surface area contributed by atoms with Gasteiger partial charge in [0.1, 0.15) is 39.2 Å². The summed E-state index contributed by atoms with van der Waals surface area (Å²) in [6.45, 7) is 52.5. The van der Waals surface area contributed by atoms with Crippen LogP contribution in [-0.2, 0) is 66.7 Å². The molecule has 7 rings (SSSR count). The maximum Gasteiger partial charge on any atom is 0.312 e. The fraction of sp³-hybridized carbons (Fsp3) is 0.935. The zero-order valence-corrected chi connectivity index (χ0v) is 75.6. The summed E-state index contributed by atoms with van der Waals surface area (Å²) in [7, 11) is 0. The SMILES string of the molecule is C.C.C.C.C.C.C.C.C.C.C.C.C.C.CCC(C)(C)C(=O)OC1(C)CCCC1.CCC(C)(C)C(=O)OC1(C)CCCCC1.CCC(C)(C)C(=O)OC1(C)CCCCCCCCCCC1.CCC(C)C(=O)OC1(C)CCCC1.CCC(C)C(=O)OC1(CC)CCCC1.CCC1(OC(=O)C(C)(C)CC)CCCC1.CCC1(OC(=O)C(C)(C)CC)CCCCC1. The molecule has 0 bridgehead atoms. The number of hydrogen-bond donors (Lipinski definition) is 0. The van der Waals surface area contributed by atoms with Gasteiger partial charge in [-0.15, -0.1) is 0 Å². The fourth-order valence-corrected chi connectivity index (χ4v) is 14.6. The molecule has 0 N–H and O–H groups in total. The van der Waals surface area contributed by atoms with E-state index in [1.165, 1.54) is 148 Å². The van der Waals surface area contributed by atoms with Gasteiger partial charge in [-0.25, -0.2) is 0 Å². The van der Waals surface area contributed by atoms with Gasteiger partial charge in [-0.1, -0.05) is 245 Å². The van der Waals surface area contributed by atoms with Crippen LogP contribution in [0.1, 0.15) is 586 Å². The second kappa shape index (κ2) is 71.2. The Hall–Kier alpha value is -3.71. The first-order valence-electron chi connectivity index (χ1n) is 44.9. The molecule has 122 heavy (non-hydrogen) atoms. The van der Waals surface area contributed by atoms with Crippen LogP contribution in [0.3, 0.4) is 0 Å². The Morgan fingerprint density at radius 3 is 0.549 bits per heavy atom. The van der Waals surface area contributed by atoms with Crippen LogP contribution in [0.5, 0.6) is 0 Å². The number of ether oxygens (including phenoxy) is 7. The van der Waals surface area contributed by atoms with Crippen LogP contribution in [0.25, 0.3) is 0 Å². The second-order valence-electron chi connectivity index (χ2n) is 38.6. The molecule has 0 aromatic rings. The van der Waals surface area contributed by atoms with Crippen molar-refractivity contribution in [2.24, 2.45) is 38.9 Å². The molecule has 2 atom stereocenters. The van der Waals surface area contributed by atoms with Crippen LogP contribution in [0.4, 0.5) is 0 Å². The highest BCUT2D eigenvalue weighted by Crippen LogP contribution is 2.43. The highest BCUT2D eigenvalue weighted by Gasteiger charge is 2.44. The molecule has 7 saturated carbocycles. The third-order valence-corrected chi connectivity index (χ3v) is 26.9. The van der Waals surface area contributed by atoms with E-state index < -0.39 is 0 Å². The quantitative estimate of drug-likeness (QED) is 0.0657. The third kappa shape index (κ3) is 53.9. The van der Waals surface area contributed by atoms with Crippen molar-refractivity contribution in [2.45, 2.75) is 625 Å². The van der Waals surface area contributed by atoms with Gasteiger partial charge in [-0.05, 0) is 341 Å². The molecule has 0 radical (unpaired) electrons. The zero-order valence-electron chi connectivity index (χ0n) is 75.6. The minimum atomic E-state index is -0.354. The van der Waals surface area contributed by atoms with E-state index in [0.29, 0.717) is 0 Å². The van der Waals surface area contributed by atoms with Gasteiger partial charge in [0.2, 0.25) is 0 Å². The Bertz CT molecular complexity index is 2540. The van der Waals surface area contributed by atoms with Crippen molar-refractivity contribution in [1.29, 1.82) is 0 Å². The predicted octanol–water partition coefficient (Wildman–Crippen LogP) is 35.9. The molecule has 0 aliphatic heterocycles. The molecule has 14 heteroatoms. The highest BCUT2D eigenvalue weighted by atomic mass is 16.6. The van der Waals surface area contributed by atoms with Crippen LogP contribution in [-0.4, -0.2) is 81.0 Å². The average Bonchev–Trinajstić information content (AvgIpc) is 1.08. The number of rotatable bonds is 24. The van der Waals surface area contributed by atoms with Crippen LogP contribution < -0.4 is 0 Å². The molecular formula is C108H230O14.